The maximum absolute atomic E-state index is 15.1. The van der Waals surface area contributed by atoms with Crippen LogP contribution in [0.5, 0.6) is 0 Å². The minimum Gasteiger partial charge on any atom is -0.369 e. The molecule has 2 aliphatic heterocycles. The second kappa shape index (κ2) is 11.0. The van der Waals surface area contributed by atoms with Crippen molar-refractivity contribution in [3.63, 3.8) is 0 Å². The quantitative estimate of drug-likeness (QED) is 0.401. The fraction of sp³-hybridized carbons (Fsp3) is 0.429. The largest absolute Gasteiger partial charge is 0.369 e. The Labute approximate surface area is 226 Å². The molecule has 5 rings (SSSR count). The normalized spacial score (nSPS) is 16.3. The Kier molecular flexibility index (Phi) is 7.72. The summed E-state index contributed by atoms with van der Waals surface area (Å²) in [6.07, 6.45) is 3.02. The van der Waals surface area contributed by atoms with Gasteiger partial charge in [0.1, 0.15) is 17.3 Å². The standard InChI is InChI=1S/C28H33F3N6S/c1-17(2)37-11-12-38-27-22(30)13-18(14-25(27)37)26-23(31)16-32-28(34-26)33-19-5-6-24(21(29)15-19)36-9-7-20(8-10-36)35(3)4/h5-6,13-17,20H,7-12H2,1-4H3,(H,32,33,34). The lowest BCUT2D eigenvalue weighted by Crippen LogP contribution is -2.42. The molecule has 10 heteroatoms. The zero-order valence-corrected chi connectivity index (χ0v) is 23.0. The van der Waals surface area contributed by atoms with Gasteiger partial charge >= 0.3 is 0 Å². The van der Waals surface area contributed by atoms with Crippen LogP contribution >= 0.6 is 11.8 Å². The molecule has 0 bridgehead atoms. The van der Waals surface area contributed by atoms with E-state index in [0.717, 1.165) is 50.1 Å². The number of piperidine rings is 1. The smallest absolute Gasteiger partial charge is 0.227 e. The fourth-order valence-corrected chi connectivity index (χ4v) is 6.21. The van der Waals surface area contributed by atoms with Crippen LogP contribution in [0.3, 0.4) is 0 Å². The number of nitrogens with zero attached hydrogens (tertiary/aromatic N) is 5. The Balaban J connectivity index is 1.38. The van der Waals surface area contributed by atoms with Crippen molar-refractivity contribution in [3.8, 4) is 11.3 Å². The van der Waals surface area contributed by atoms with E-state index in [9.17, 15) is 4.39 Å². The number of nitrogens with one attached hydrogen (secondary N) is 1. The van der Waals surface area contributed by atoms with E-state index >= 15 is 8.78 Å². The number of benzene rings is 2. The Bertz CT molecular complexity index is 1310. The van der Waals surface area contributed by atoms with Crippen molar-refractivity contribution in [2.24, 2.45) is 0 Å². The van der Waals surface area contributed by atoms with Crippen LogP contribution in [-0.2, 0) is 0 Å². The van der Waals surface area contributed by atoms with E-state index in [0.29, 0.717) is 27.9 Å². The van der Waals surface area contributed by atoms with Crippen LogP contribution in [0.4, 0.5) is 36.2 Å². The summed E-state index contributed by atoms with van der Waals surface area (Å²) in [7, 11) is 4.15. The summed E-state index contributed by atoms with van der Waals surface area (Å²) in [5.74, 6) is -0.497. The summed E-state index contributed by atoms with van der Waals surface area (Å²) in [6.45, 7) is 6.47. The number of aromatic nitrogens is 2. The molecule has 1 N–H and O–H groups in total. The van der Waals surface area contributed by atoms with Gasteiger partial charge in [0.05, 0.1) is 22.5 Å². The molecule has 3 aromatic rings. The molecular weight excluding hydrogens is 509 g/mol. The molecule has 1 aromatic heterocycles. The van der Waals surface area contributed by atoms with Crippen LogP contribution in [0.15, 0.2) is 41.4 Å². The summed E-state index contributed by atoms with van der Waals surface area (Å²) >= 11 is 1.47. The summed E-state index contributed by atoms with van der Waals surface area (Å²) in [5, 5.41) is 2.98. The molecule has 3 heterocycles. The van der Waals surface area contributed by atoms with Crippen LogP contribution < -0.4 is 15.1 Å². The molecule has 0 amide bonds. The number of fused-ring (bicyclic) bond motifs is 1. The lowest BCUT2D eigenvalue weighted by Gasteiger charge is -2.36. The highest BCUT2D eigenvalue weighted by Gasteiger charge is 2.25. The summed E-state index contributed by atoms with van der Waals surface area (Å²) in [5.41, 5.74) is 2.08. The Morgan fingerprint density at radius 2 is 1.74 bits per heavy atom. The zero-order valence-electron chi connectivity index (χ0n) is 22.1. The molecule has 0 spiro atoms. The third-order valence-corrected chi connectivity index (χ3v) is 8.37. The van der Waals surface area contributed by atoms with Crippen molar-refractivity contribution < 1.29 is 13.2 Å². The molecule has 202 valence electrons. The Hall–Kier alpha value is -2.98. The summed E-state index contributed by atoms with van der Waals surface area (Å²) in [4.78, 5) is 15.3. The van der Waals surface area contributed by atoms with Crippen LogP contribution in [0, 0.1) is 17.5 Å². The molecule has 2 aliphatic rings. The number of anilines is 4. The van der Waals surface area contributed by atoms with Crippen LogP contribution in [0.2, 0.25) is 0 Å². The second-order valence-electron chi connectivity index (χ2n) is 10.3. The van der Waals surface area contributed by atoms with E-state index in [2.05, 4.69) is 44.1 Å². The molecule has 0 atom stereocenters. The van der Waals surface area contributed by atoms with Crippen molar-refractivity contribution in [1.82, 2.24) is 14.9 Å². The monoisotopic (exact) mass is 542 g/mol. The number of rotatable bonds is 6. The second-order valence-corrected chi connectivity index (χ2v) is 11.4. The lowest BCUT2D eigenvalue weighted by molar-refractivity contribution is 0.249. The first kappa shape index (κ1) is 26.6. The van der Waals surface area contributed by atoms with Gasteiger partial charge in [0.25, 0.3) is 0 Å². The summed E-state index contributed by atoms with van der Waals surface area (Å²) in [6, 6.07) is 8.70. The van der Waals surface area contributed by atoms with Crippen molar-refractivity contribution in [1.29, 1.82) is 0 Å². The van der Waals surface area contributed by atoms with E-state index in [4.69, 9.17) is 0 Å². The number of hydrogen-bond donors (Lipinski definition) is 1. The minimum atomic E-state index is -0.655. The third-order valence-electron chi connectivity index (χ3n) is 7.29. The fourth-order valence-electron chi connectivity index (χ4n) is 5.20. The van der Waals surface area contributed by atoms with Gasteiger partial charge in [-0.25, -0.2) is 23.1 Å². The van der Waals surface area contributed by atoms with Gasteiger partial charge in [-0.15, -0.1) is 11.8 Å². The molecule has 0 radical (unpaired) electrons. The van der Waals surface area contributed by atoms with Gasteiger partial charge in [-0.3, -0.25) is 0 Å². The molecule has 0 unspecified atom stereocenters. The number of hydrogen-bond acceptors (Lipinski definition) is 7. The van der Waals surface area contributed by atoms with Gasteiger partial charge in [0, 0.05) is 48.7 Å². The van der Waals surface area contributed by atoms with E-state index in [1.165, 1.54) is 23.9 Å². The molecule has 0 saturated carbocycles. The van der Waals surface area contributed by atoms with Crippen LogP contribution in [0.1, 0.15) is 26.7 Å². The van der Waals surface area contributed by atoms with Crippen LogP contribution in [-0.4, -0.2) is 66.4 Å². The maximum Gasteiger partial charge on any atom is 0.227 e. The topological polar surface area (TPSA) is 47.5 Å². The average Bonchev–Trinajstić information content (AvgIpc) is 2.89. The highest BCUT2D eigenvalue weighted by Crippen LogP contribution is 2.41. The van der Waals surface area contributed by atoms with E-state index < -0.39 is 11.6 Å². The van der Waals surface area contributed by atoms with Gasteiger partial charge in [0.15, 0.2) is 5.82 Å². The van der Waals surface area contributed by atoms with Gasteiger partial charge in [-0.2, -0.15) is 0 Å². The molecular formula is C28H33F3N6S. The first-order valence-corrected chi connectivity index (χ1v) is 13.9. The molecule has 0 aliphatic carbocycles. The molecule has 1 fully saturated rings. The number of halogens is 3. The molecule has 1 saturated heterocycles. The highest BCUT2D eigenvalue weighted by atomic mass is 32.2. The van der Waals surface area contributed by atoms with Crippen molar-refractivity contribution >= 4 is 34.8 Å². The SMILES string of the molecule is CC(C)N1CCSc2c(F)cc(-c3nc(Nc4ccc(N5CCC(N(C)C)CC5)c(F)c4)ncc3F)cc21. The number of thioether (sulfide) groups is 1. The Morgan fingerprint density at radius 3 is 2.42 bits per heavy atom. The molecule has 6 nitrogen and oxygen atoms in total. The van der Waals surface area contributed by atoms with Crippen molar-refractivity contribution in [2.75, 3.05) is 54.6 Å². The van der Waals surface area contributed by atoms with E-state index in [1.54, 1.807) is 18.2 Å². The molecule has 2 aromatic carbocycles. The zero-order chi connectivity index (χ0) is 27.0. The maximum atomic E-state index is 15.1. The molecule has 38 heavy (non-hydrogen) atoms. The van der Waals surface area contributed by atoms with Gasteiger partial charge < -0.3 is 20.0 Å². The van der Waals surface area contributed by atoms with E-state index in [-0.39, 0.29) is 23.5 Å². The van der Waals surface area contributed by atoms with E-state index in [1.807, 2.05) is 13.8 Å². The summed E-state index contributed by atoms with van der Waals surface area (Å²) < 4.78 is 45.0. The van der Waals surface area contributed by atoms with Gasteiger partial charge in [-0.05, 0) is 71.1 Å². The predicted molar refractivity (Wildman–Crippen MR) is 149 cm³/mol. The lowest BCUT2D eigenvalue weighted by atomic mass is 10.0. The van der Waals surface area contributed by atoms with Gasteiger partial charge in [0.2, 0.25) is 5.95 Å². The van der Waals surface area contributed by atoms with Gasteiger partial charge in [-0.1, -0.05) is 0 Å². The first-order chi connectivity index (χ1) is 18.2. The van der Waals surface area contributed by atoms with Crippen molar-refractivity contribution in [3.05, 3.63) is 54.0 Å². The predicted octanol–water partition coefficient (Wildman–Crippen LogP) is 6.16. The Morgan fingerprint density at radius 1 is 0.974 bits per heavy atom. The highest BCUT2D eigenvalue weighted by molar-refractivity contribution is 7.99. The minimum absolute atomic E-state index is 0.00988. The first-order valence-electron chi connectivity index (χ1n) is 12.9. The average molecular weight is 543 g/mol. The van der Waals surface area contributed by atoms with Crippen LogP contribution in [0.25, 0.3) is 11.3 Å². The third kappa shape index (κ3) is 5.42. The van der Waals surface area contributed by atoms with Crippen molar-refractivity contribution in [2.45, 2.75) is 43.7 Å².